The molecule has 2 aromatic rings. The van der Waals surface area contributed by atoms with Crippen molar-refractivity contribution >= 4 is 17.0 Å². The van der Waals surface area contributed by atoms with E-state index in [4.69, 9.17) is 0 Å². The summed E-state index contributed by atoms with van der Waals surface area (Å²) in [6.07, 6.45) is 1.36. The highest BCUT2D eigenvalue weighted by Crippen LogP contribution is 2.17. The van der Waals surface area contributed by atoms with E-state index in [2.05, 4.69) is 4.74 Å². The Morgan fingerprint density at radius 3 is 2.86 bits per heavy atom. The van der Waals surface area contributed by atoms with Crippen molar-refractivity contribution in [1.29, 1.82) is 0 Å². The van der Waals surface area contributed by atoms with Crippen LogP contribution < -0.4 is 0 Å². The van der Waals surface area contributed by atoms with E-state index in [1.165, 1.54) is 11.7 Å². The number of fused-ring (bicyclic) bond motifs is 1. The van der Waals surface area contributed by atoms with Crippen LogP contribution in [0.3, 0.4) is 0 Å². The van der Waals surface area contributed by atoms with Gasteiger partial charge in [0.25, 0.3) is 0 Å². The summed E-state index contributed by atoms with van der Waals surface area (Å²) in [5.74, 6) is 0. The standard InChI is InChI=1S/C11H11NO2/c1-8-3-4-9-5-6-12(10(9)7-8)11(13)14-2/h3-7H,1-2H3. The average molecular weight is 189 g/mol. The number of aryl methyl sites for hydroxylation is 1. The van der Waals surface area contributed by atoms with E-state index in [9.17, 15) is 4.79 Å². The minimum Gasteiger partial charge on any atom is -0.452 e. The Balaban J connectivity index is 2.67. The number of carbonyl (C=O) groups excluding carboxylic acids is 1. The van der Waals surface area contributed by atoms with E-state index < -0.39 is 0 Å². The molecule has 0 spiro atoms. The maximum Gasteiger partial charge on any atom is 0.418 e. The normalized spacial score (nSPS) is 10.4. The lowest BCUT2D eigenvalue weighted by molar-refractivity contribution is 0.174. The molecule has 0 saturated carbocycles. The quantitative estimate of drug-likeness (QED) is 0.637. The summed E-state index contributed by atoms with van der Waals surface area (Å²) >= 11 is 0. The topological polar surface area (TPSA) is 31.2 Å². The smallest absolute Gasteiger partial charge is 0.418 e. The number of hydrogen-bond donors (Lipinski definition) is 0. The van der Waals surface area contributed by atoms with Crippen molar-refractivity contribution in [3.05, 3.63) is 36.0 Å². The largest absolute Gasteiger partial charge is 0.452 e. The number of benzene rings is 1. The van der Waals surface area contributed by atoms with E-state index in [0.717, 1.165) is 16.5 Å². The van der Waals surface area contributed by atoms with Gasteiger partial charge in [-0.25, -0.2) is 4.79 Å². The molecule has 3 nitrogen and oxygen atoms in total. The average Bonchev–Trinajstić information content (AvgIpc) is 2.59. The number of carbonyl (C=O) groups is 1. The second-order valence-electron chi connectivity index (χ2n) is 3.22. The molecule has 0 aliphatic heterocycles. The Kier molecular flexibility index (Phi) is 2.00. The number of nitrogens with zero attached hydrogens (tertiary/aromatic N) is 1. The molecule has 0 aliphatic rings. The Labute approximate surface area is 81.9 Å². The van der Waals surface area contributed by atoms with Crippen molar-refractivity contribution in [3.63, 3.8) is 0 Å². The van der Waals surface area contributed by atoms with Crippen molar-refractivity contribution in [1.82, 2.24) is 4.57 Å². The van der Waals surface area contributed by atoms with Crippen molar-refractivity contribution in [2.75, 3.05) is 7.11 Å². The highest BCUT2D eigenvalue weighted by atomic mass is 16.5. The van der Waals surface area contributed by atoms with Gasteiger partial charge in [-0.2, -0.15) is 0 Å². The summed E-state index contributed by atoms with van der Waals surface area (Å²) in [4.78, 5) is 11.3. The van der Waals surface area contributed by atoms with Gasteiger partial charge in [-0.1, -0.05) is 12.1 Å². The highest BCUT2D eigenvalue weighted by Gasteiger charge is 2.07. The number of rotatable bonds is 0. The van der Waals surface area contributed by atoms with Crippen LogP contribution in [0.1, 0.15) is 5.56 Å². The van der Waals surface area contributed by atoms with E-state index in [0.29, 0.717) is 0 Å². The molecular formula is C11H11NO2. The first-order chi connectivity index (χ1) is 6.72. The fraction of sp³-hybridized carbons (Fsp3) is 0.182. The lowest BCUT2D eigenvalue weighted by atomic mass is 10.2. The first-order valence-corrected chi connectivity index (χ1v) is 4.38. The predicted octanol–water partition coefficient (Wildman–Crippen LogP) is 2.56. The zero-order valence-corrected chi connectivity index (χ0v) is 8.15. The lowest BCUT2D eigenvalue weighted by Crippen LogP contribution is -2.09. The summed E-state index contributed by atoms with van der Waals surface area (Å²) in [5.41, 5.74) is 2.01. The summed E-state index contributed by atoms with van der Waals surface area (Å²) in [6.45, 7) is 1.99. The molecule has 0 bridgehead atoms. The Bertz CT molecular complexity index is 485. The third-order valence-electron chi connectivity index (χ3n) is 2.22. The molecule has 1 aromatic carbocycles. The SMILES string of the molecule is COC(=O)n1ccc2ccc(C)cc21. The van der Waals surface area contributed by atoms with E-state index in [-0.39, 0.29) is 6.09 Å². The van der Waals surface area contributed by atoms with Crippen LogP contribution in [0.2, 0.25) is 0 Å². The number of aromatic nitrogens is 1. The van der Waals surface area contributed by atoms with Crippen LogP contribution in [0.15, 0.2) is 30.5 Å². The molecule has 0 atom stereocenters. The maximum atomic E-state index is 11.3. The molecule has 72 valence electrons. The molecule has 0 amide bonds. The van der Waals surface area contributed by atoms with Gasteiger partial charge >= 0.3 is 6.09 Å². The Morgan fingerprint density at radius 1 is 1.36 bits per heavy atom. The van der Waals surface area contributed by atoms with Crippen molar-refractivity contribution in [2.45, 2.75) is 6.92 Å². The van der Waals surface area contributed by atoms with Crippen LogP contribution in [0.25, 0.3) is 10.9 Å². The summed E-state index contributed by atoms with van der Waals surface area (Å²) in [6, 6.07) is 7.87. The molecule has 2 rings (SSSR count). The molecule has 0 fully saturated rings. The Hall–Kier alpha value is -1.77. The van der Waals surface area contributed by atoms with Gasteiger partial charge < -0.3 is 4.74 Å². The third-order valence-corrected chi connectivity index (χ3v) is 2.22. The van der Waals surface area contributed by atoms with Crippen LogP contribution in [0, 0.1) is 6.92 Å². The van der Waals surface area contributed by atoms with Crippen LogP contribution in [-0.2, 0) is 4.74 Å². The maximum absolute atomic E-state index is 11.3. The Morgan fingerprint density at radius 2 is 2.14 bits per heavy atom. The summed E-state index contributed by atoms with van der Waals surface area (Å²) in [7, 11) is 1.38. The first kappa shape index (κ1) is 8.81. The highest BCUT2D eigenvalue weighted by molar-refractivity contribution is 5.89. The molecule has 14 heavy (non-hydrogen) atoms. The predicted molar refractivity (Wildman–Crippen MR) is 54.5 cm³/mol. The van der Waals surface area contributed by atoms with Crippen molar-refractivity contribution < 1.29 is 9.53 Å². The minimum absolute atomic E-state index is 0.356. The summed E-state index contributed by atoms with van der Waals surface area (Å²) in [5, 5.41) is 1.04. The molecule has 0 saturated heterocycles. The van der Waals surface area contributed by atoms with E-state index in [1.807, 2.05) is 31.2 Å². The zero-order chi connectivity index (χ0) is 10.1. The molecule has 1 aromatic heterocycles. The molecule has 1 heterocycles. The fourth-order valence-electron chi connectivity index (χ4n) is 1.50. The first-order valence-electron chi connectivity index (χ1n) is 4.38. The van der Waals surface area contributed by atoms with Crippen LogP contribution in [0.5, 0.6) is 0 Å². The van der Waals surface area contributed by atoms with E-state index in [1.54, 1.807) is 6.20 Å². The second kappa shape index (κ2) is 3.18. The van der Waals surface area contributed by atoms with Gasteiger partial charge in [0.1, 0.15) is 0 Å². The van der Waals surface area contributed by atoms with Gasteiger partial charge in [-0.3, -0.25) is 4.57 Å². The van der Waals surface area contributed by atoms with Crippen molar-refractivity contribution in [3.8, 4) is 0 Å². The van der Waals surface area contributed by atoms with Crippen LogP contribution in [-0.4, -0.2) is 17.8 Å². The van der Waals surface area contributed by atoms with E-state index >= 15 is 0 Å². The fourth-order valence-corrected chi connectivity index (χ4v) is 1.50. The lowest BCUT2D eigenvalue weighted by Gasteiger charge is -2.02. The van der Waals surface area contributed by atoms with Gasteiger partial charge in [-0.15, -0.1) is 0 Å². The molecule has 0 aliphatic carbocycles. The van der Waals surface area contributed by atoms with Crippen LogP contribution in [0.4, 0.5) is 4.79 Å². The second-order valence-corrected chi connectivity index (χ2v) is 3.22. The number of hydrogen-bond acceptors (Lipinski definition) is 2. The molecule has 0 N–H and O–H groups in total. The monoisotopic (exact) mass is 189 g/mol. The van der Waals surface area contributed by atoms with Gasteiger partial charge in [-0.05, 0) is 24.6 Å². The minimum atomic E-state index is -0.356. The van der Waals surface area contributed by atoms with Gasteiger partial charge in [0.05, 0.1) is 12.6 Å². The molecular weight excluding hydrogens is 178 g/mol. The van der Waals surface area contributed by atoms with Gasteiger partial charge in [0, 0.05) is 11.6 Å². The number of methoxy groups -OCH3 is 1. The van der Waals surface area contributed by atoms with Gasteiger partial charge in [0.2, 0.25) is 0 Å². The zero-order valence-electron chi connectivity index (χ0n) is 8.15. The van der Waals surface area contributed by atoms with Gasteiger partial charge in [0.15, 0.2) is 0 Å². The molecule has 3 heteroatoms. The molecule has 0 unspecified atom stereocenters. The third kappa shape index (κ3) is 1.27. The summed E-state index contributed by atoms with van der Waals surface area (Å²) < 4.78 is 6.17. The number of ether oxygens (including phenoxy) is 1. The van der Waals surface area contributed by atoms with Crippen molar-refractivity contribution in [2.24, 2.45) is 0 Å². The molecule has 0 radical (unpaired) electrons. The van der Waals surface area contributed by atoms with Crippen LogP contribution >= 0.6 is 0 Å².